The summed E-state index contributed by atoms with van der Waals surface area (Å²) in [4.78, 5) is 12.9. The number of carbonyl (C=O) groups is 1. The summed E-state index contributed by atoms with van der Waals surface area (Å²) in [5, 5.41) is 4.93. The lowest BCUT2D eigenvalue weighted by atomic mass is 10.1. The maximum atomic E-state index is 12.9. The van der Waals surface area contributed by atoms with Crippen LogP contribution in [0.1, 0.15) is 17.4 Å². The van der Waals surface area contributed by atoms with E-state index in [-0.39, 0.29) is 11.9 Å². The molecule has 1 heterocycles. The number of hydrogen-bond acceptors (Lipinski definition) is 3. The van der Waals surface area contributed by atoms with Crippen molar-refractivity contribution in [1.82, 2.24) is 0 Å². The lowest BCUT2D eigenvalue weighted by Crippen LogP contribution is -2.85. The van der Waals surface area contributed by atoms with Crippen molar-refractivity contribution < 1.29 is 19.3 Å². The summed E-state index contributed by atoms with van der Waals surface area (Å²) < 4.78 is 10.6. The molecule has 0 aliphatic heterocycles. The van der Waals surface area contributed by atoms with Crippen molar-refractivity contribution in [2.75, 3.05) is 12.4 Å². The fourth-order valence-electron chi connectivity index (χ4n) is 2.64. The normalized spacial score (nSPS) is 11.7. The molecule has 0 fully saturated rings. The Morgan fingerprint density at radius 3 is 2.68 bits per heavy atom. The van der Waals surface area contributed by atoms with Gasteiger partial charge in [0.2, 0.25) is 0 Å². The molecule has 1 aromatic heterocycles. The third-order valence-corrected chi connectivity index (χ3v) is 3.91. The van der Waals surface area contributed by atoms with Crippen LogP contribution in [0.25, 0.3) is 0 Å². The first kappa shape index (κ1) is 16.8. The van der Waals surface area contributed by atoms with Crippen molar-refractivity contribution in [3.63, 3.8) is 0 Å². The predicted molar refractivity (Wildman–Crippen MR) is 95.1 cm³/mol. The lowest BCUT2D eigenvalue weighted by molar-refractivity contribution is -0.699. The Kier molecular flexibility index (Phi) is 5.49. The first-order chi connectivity index (χ1) is 12.3. The van der Waals surface area contributed by atoms with Crippen molar-refractivity contribution in [1.29, 1.82) is 0 Å². The van der Waals surface area contributed by atoms with Gasteiger partial charge in [0, 0.05) is 17.3 Å². The standard InChI is InChI=1S/C20H20N2O3/c1-24-17-10-5-9-16(13-17)22-20(23)19(15-7-3-2-4-8-15)21-14-18-11-6-12-25-18/h2-13,19,21H,14H2,1H3,(H,22,23)/p+1/t19-/m0/s1. The first-order valence-corrected chi connectivity index (χ1v) is 8.12. The van der Waals surface area contributed by atoms with E-state index < -0.39 is 0 Å². The minimum absolute atomic E-state index is 0.0917. The van der Waals surface area contributed by atoms with Crippen LogP contribution < -0.4 is 15.4 Å². The average molecular weight is 337 g/mol. The summed E-state index contributed by atoms with van der Waals surface area (Å²) in [5.41, 5.74) is 1.64. The van der Waals surface area contributed by atoms with Gasteiger partial charge in [0.15, 0.2) is 11.8 Å². The van der Waals surface area contributed by atoms with Crippen molar-refractivity contribution in [3.05, 3.63) is 84.3 Å². The van der Waals surface area contributed by atoms with Gasteiger partial charge >= 0.3 is 0 Å². The molecule has 1 atom stereocenters. The van der Waals surface area contributed by atoms with Crippen LogP contribution >= 0.6 is 0 Å². The minimum Gasteiger partial charge on any atom is -0.497 e. The zero-order valence-corrected chi connectivity index (χ0v) is 14.0. The zero-order chi connectivity index (χ0) is 17.5. The topological polar surface area (TPSA) is 68.1 Å². The second-order valence-electron chi connectivity index (χ2n) is 5.63. The summed E-state index contributed by atoms with van der Waals surface area (Å²) >= 11 is 0. The Morgan fingerprint density at radius 2 is 1.96 bits per heavy atom. The molecule has 0 saturated carbocycles. The molecular weight excluding hydrogens is 316 g/mol. The molecular formula is C20H21N2O3+. The van der Waals surface area contributed by atoms with Crippen LogP contribution in [-0.4, -0.2) is 13.0 Å². The summed E-state index contributed by atoms with van der Waals surface area (Å²) in [5.74, 6) is 1.44. The first-order valence-electron chi connectivity index (χ1n) is 8.12. The SMILES string of the molecule is COc1cccc(NC(=O)[C@@H]([NH2+]Cc2ccco2)c2ccccc2)c1. The molecule has 0 aliphatic rings. The Labute approximate surface area is 146 Å². The van der Waals surface area contributed by atoms with E-state index in [9.17, 15) is 4.79 Å². The van der Waals surface area contributed by atoms with Gasteiger partial charge in [-0.2, -0.15) is 0 Å². The number of ether oxygens (including phenoxy) is 1. The highest BCUT2D eigenvalue weighted by Crippen LogP contribution is 2.18. The van der Waals surface area contributed by atoms with Crippen LogP contribution in [0.5, 0.6) is 5.75 Å². The van der Waals surface area contributed by atoms with E-state index in [2.05, 4.69) is 5.32 Å². The van der Waals surface area contributed by atoms with E-state index in [1.807, 2.05) is 66.0 Å². The average Bonchev–Trinajstić information content (AvgIpc) is 3.16. The van der Waals surface area contributed by atoms with Crippen LogP contribution in [0.15, 0.2) is 77.4 Å². The van der Waals surface area contributed by atoms with Crippen LogP contribution in [-0.2, 0) is 11.3 Å². The number of quaternary nitrogens is 1. The number of hydrogen-bond donors (Lipinski definition) is 2. The van der Waals surface area contributed by atoms with Gasteiger partial charge in [-0.1, -0.05) is 36.4 Å². The van der Waals surface area contributed by atoms with Crippen molar-refractivity contribution in [2.24, 2.45) is 0 Å². The number of benzene rings is 2. The monoisotopic (exact) mass is 337 g/mol. The third-order valence-electron chi connectivity index (χ3n) is 3.91. The minimum atomic E-state index is -0.377. The summed E-state index contributed by atoms with van der Waals surface area (Å²) in [6.07, 6.45) is 1.64. The Bertz CT molecular complexity index is 801. The molecule has 3 aromatic rings. The highest BCUT2D eigenvalue weighted by molar-refractivity contribution is 5.94. The Hall–Kier alpha value is -3.05. The van der Waals surface area contributed by atoms with Gasteiger partial charge in [0.05, 0.1) is 13.4 Å². The molecule has 3 rings (SSSR count). The van der Waals surface area contributed by atoms with E-state index in [0.29, 0.717) is 18.0 Å². The molecule has 2 aromatic carbocycles. The molecule has 3 N–H and O–H groups in total. The Morgan fingerprint density at radius 1 is 1.12 bits per heavy atom. The van der Waals surface area contributed by atoms with Gasteiger partial charge in [-0.05, 0) is 24.3 Å². The second kappa shape index (κ2) is 8.17. The van der Waals surface area contributed by atoms with Gasteiger partial charge in [-0.3, -0.25) is 4.79 Å². The van der Waals surface area contributed by atoms with Crippen LogP contribution in [0, 0.1) is 0 Å². The number of nitrogens with one attached hydrogen (secondary N) is 1. The van der Waals surface area contributed by atoms with E-state index in [0.717, 1.165) is 11.3 Å². The summed E-state index contributed by atoms with van der Waals surface area (Å²) in [7, 11) is 1.60. The number of nitrogens with two attached hydrogens (primary N) is 1. The molecule has 1 amide bonds. The lowest BCUT2D eigenvalue weighted by Gasteiger charge is -2.16. The summed E-state index contributed by atoms with van der Waals surface area (Å²) in [6.45, 7) is 0.581. The maximum absolute atomic E-state index is 12.9. The molecule has 25 heavy (non-hydrogen) atoms. The van der Waals surface area contributed by atoms with Gasteiger partial charge in [-0.15, -0.1) is 0 Å². The van der Waals surface area contributed by atoms with Crippen LogP contribution in [0.4, 0.5) is 5.69 Å². The van der Waals surface area contributed by atoms with E-state index in [4.69, 9.17) is 9.15 Å². The van der Waals surface area contributed by atoms with Crippen molar-refractivity contribution in [2.45, 2.75) is 12.6 Å². The number of carbonyl (C=O) groups excluding carboxylic acids is 1. The smallest absolute Gasteiger partial charge is 0.287 e. The molecule has 5 heteroatoms. The number of rotatable bonds is 7. The van der Waals surface area contributed by atoms with Gasteiger partial charge in [0.25, 0.3) is 5.91 Å². The zero-order valence-electron chi connectivity index (χ0n) is 14.0. The predicted octanol–water partition coefficient (Wildman–Crippen LogP) is 2.73. The molecule has 5 nitrogen and oxygen atoms in total. The number of methoxy groups -OCH3 is 1. The molecule has 0 spiro atoms. The van der Waals surface area contributed by atoms with Crippen molar-refractivity contribution in [3.8, 4) is 5.75 Å². The van der Waals surface area contributed by atoms with Gasteiger partial charge in [-0.25, -0.2) is 0 Å². The molecule has 0 aliphatic carbocycles. The van der Waals surface area contributed by atoms with Gasteiger partial charge in [0.1, 0.15) is 12.3 Å². The maximum Gasteiger partial charge on any atom is 0.287 e. The number of anilines is 1. The van der Waals surface area contributed by atoms with E-state index >= 15 is 0 Å². The number of amides is 1. The fourth-order valence-corrected chi connectivity index (χ4v) is 2.64. The van der Waals surface area contributed by atoms with E-state index in [1.165, 1.54) is 0 Å². The second-order valence-corrected chi connectivity index (χ2v) is 5.63. The van der Waals surface area contributed by atoms with E-state index in [1.54, 1.807) is 19.4 Å². The largest absolute Gasteiger partial charge is 0.497 e. The quantitative estimate of drug-likeness (QED) is 0.696. The highest BCUT2D eigenvalue weighted by Gasteiger charge is 2.24. The molecule has 0 radical (unpaired) electrons. The number of furan rings is 1. The fraction of sp³-hybridized carbons (Fsp3) is 0.150. The van der Waals surface area contributed by atoms with Crippen LogP contribution in [0.2, 0.25) is 0 Å². The molecule has 0 unspecified atom stereocenters. The summed E-state index contributed by atoms with van der Waals surface area (Å²) in [6, 6.07) is 20.4. The molecule has 0 bridgehead atoms. The van der Waals surface area contributed by atoms with Crippen molar-refractivity contribution >= 4 is 11.6 Å². The van der Waals surface area contributed by atoms with Gasteiger partial charge < -0.3 is 19.8 Å². The molecule has 128 valence electrons. The molecule has 0 saturated heterocycles. The van der Waals surface area contributed by atoms with Crippen LogP contribution in [0.3, 0.4) is 0 Å². The Balaban J connectivity index is 1.76. The third kappa shape index (κ3) is 4.49. The highest BCUT2D eigenvalue weighted by atomic mass is 16.5.